The zero-order chi connectivity index (χ0) is 24.8. The Bertz CT molecular complexity index is 1030. The zero-order valence-corrected chi connectivity index (χ0v) is 19.9. The summed E-state index contributed by atoms with van der Waals surface area (Å²) in [5.41, 5.74) is 3.36. The summed E-state index contributed by atoms with van der Waals surface area (Å²) in [5.74, 6) is -1.31. The average Bonchev–Trinajstić information content (AvgIpc) is 3.19. The number of aliphatic carboxylic acids is 1. The average molecular weight is 481 g/mol. The van der Waals surface area contributed by atoms with Gasteiger partial charge in [0, 0.05) is 44.4 Å². The van der Waals surface area contributed by atoms with Crippen molar-refractivity contribution in [3.63, 3.8) is 0 Å². The van der Waals surface area contributed by atoms with Gasteiger partial charge in [0.15, 0.2) is 0 Å². The first kappa shape index (κ1) is 24.7. The standard InChI is InChI=1S/C27H32N2O6/c1-2-18(11-12-24(30)31)28-25(32)27(13-15-34-16-14-27)29-26(33)35-17-23-21-9-5-3-7-19(21)20-8-4-6-10-22(20)23/h3-10,18,23H,2,11-17H2,1H3,(H,28,32)(H,29,33)(H,30,31). The molecule has 186 valence electrons. The first-order chi connectivity index (χ1) is 16.9. The van der Waals surface area contributed by atoms with Crippen LogP contribution in [-0.2, 0) is 19.1 Å². The van der Waals surface area contributed by atoms with E-state index in [1.165, 1.54) is 0 Å². The maximum Gasteiger partial charge on any atom is 0.408 e. The quantitative estimate of drug-likeness (QED) is 0.503. The Morgan fingerprint density at radius 2 is 1.66 bits per heavy atom. The highest BCUT2D eigenvalue weighted by molar-refractivity contribution is 5.90. The van der Waals surface area contributed by atoms with E-state index < -0.39 is 17.6 Å². The topological polar surface area (TPSA) is 114 Å². The van der Waals surface area contributed by atoms with Gasteiger partial charge in [0.2, 0.25) is 5.91 Å². The van der Waals surface area contributed by atoms with Crippen LogP contribution in [-0.4, -0.2) is 54.5 Å². The first-order valence-corrected chi connectivity index (χ1v) is 12.2. The lowest BCUT2D eigenvalue weighted by atomic mass is 9.88. The van der Waals surface area contributed by atoms with Gasteiger partial charge in [-0.3, -0.25) is 9.59 Å². The molecular weight excluding hydrogens is 448 g/mol. The normalized spacial score (nSPS) is 17.1. The van der Waals surface area contributed by atoms with Crippen molar-refractivity contribution in [2.75, 3.05) is 19.8 Å². The highest BCUT2D eigenvalue weighted by Gasteiger charge is 2.43. The molecule has 1 aliphatic carbocycles. The van der Waals surface area contributed by atoms with Gasteiger partial charge in [-0.15, -0.1) is 0 Å². The SMILES string of the molecule is CCC(CCC(=O)O)NC(=O)C1(NC(=O)OCC2c3ccccc3-c3ccccc32)CCOCC1. The summed E-state index contributed by atoms with van der Waals surface area (Å²) in [5, 5.41) is 14.7. The largest absolute Gasteiger partial charge is 0.481 e. The fourth-order valence-corrected chi connectivity index (χ4v) is 4.96. The smallest absolute Gasteiger partial charge is 0.408 e. The molecule has 1 saturated heterocycles. The predicted molar refractivity (Wildman–Crippen MR) is 130 cm³/mol. The Kier molecular flexibility index (Phi) is 7.70. The molecule has 8 heteroatoms. The molecule has 2 aromatic rings. The second-order valence-corrected chi connectivity index (χ2v) is 9.16. The number of amides is 2. The van der Waals surface area contributed by atoms with E-state index in [4.69, 9.17) is 14.6 Å². The lowest BCUT2D eigenvalue weighted by Gasteiger charge is -2.37. The van der Waals surface area contributed by atoms with E-state index in [9.17, 15) is 14.4 Å². The molecule has 0 radical (unpaired) electrons. The molecule has 2 aliphatic rings. The molecule has 0 bridgehead atoms. The molecule has 4 rings (SSSR count). The van der Waals surface area contributed by atoms with E-state index in [1.807, 2.05) is 31.2 Å². The van der Waals surface area contributed by atoms with E-state index in [0.717, 1.165) is 22.3 Å². The number of fused-ring (bicyclic) bond motifs is 3. The highest BCUT2D eigenvalue weighted by Crippen LogP contribution is 2.44. The van der Waals surface area contributed by atoms with E-state index in [-0.39, 0.29) is 30.9 Å². The fraction of sp³-hybridized carbons (Fsp3) is 0.444. The minimum Gasteiger partial charge on any atom is -0.481 e. The second kappa shape index (κ2) is 10.9. The van der Waals surface area contributed by atoms with Crippen LogP contribution in [0.15, 0.2) is 48.5 Å². The number of hydrogen-bond acceptors (Lipinski definition) is 5. The Labute approximate surface area is 205 Å². The van der Waals surface area contributed by atoms with Crippen molar-refractivity contribution in [2.45, 2.75) is 56.5 Å². The van der Waals surface area contributed by atoms with Gasteiger partial charge in [-0.05, 0) is 35.1 Å². The van der Waals surface area contributed by atoms with Gasteiger partial charge in [-0.1, -0.05) is 55.5 Å². The summed E-state index contributed by atoms with van der Waals surface area (Å²) in [6.45, 7) is 2.72. The third kappa shape index (κ3) is 5.48. The zero-order valence-electron chi connectivity index (χ0n) is 19.9. The van der Waals surface area contributed by atoms with E-state index in [2.05, 4.69) is 34.9 Å². The van der Waals surface area contributed by atoms with E-state index in [0.29, 0.717) is 38.9 Å². The molecule has 1 heterocycles. The Hall–Kier alpha value is -3.39. The summed E-state index contributed by atoms with van der Waals surface area (Å²) in [7, 11) is 0. The van der Waals surface area contributed by atoms with Crippen LogP contribution in [0.1, 0.15) is 56.1 Å². The molecule has 8 nitrogen and oxygen atoms in total. The molecular formula is C27H32N2O6. The van der Waals surface area contributed by atoms with Crippen LogP contribution in [0.2, 0.25) is 0 Å². The van der Waals surface area contributed by atoms with Crippen LogP contribution >= 0.6 is 0 Å². The molecule has 35 heavy (non-hydrogen) atoms. The van der Waals surface area contributed by atoms with E-state index in [1.54, 1.807) is 0 Å². The second-order valence-electron chi connectivity index (χ2n) is 9.16. The van der Waals surface area contributed by atoms with Crippen molar-refractivity contribution in [1.29, 1.82) is 0 Å². The highest BCUT2D eigenvalue weighted by atomic mass is 16.5. The number of benzene rings is 2. The molecule has 1 unspecified atom stereocenters. The predicted octanol–water partition coefficient (Wildman–Crippen LogP) is 3.83. The first-order valence-electron chi connectivity index (χ1n) is 12.2. The van der Waals surface area contributed by atoms with Crippen LogP contribution in [0.25, 0.3) is 11.1 Å². The third-order valence-electron chi connectivity index (χ3n) is 7.00. The Balaban J connectivity index is 1.43. The number of nitrogens with one attached hydrogen (secondary N) is 2. The van der Waals surface area contributed by atoms with Crippen molar-refractivity contribution in [2.24, 2.45) is 0 Å². The maximum absolute atomic E-state index is 13.3. The molecule has 0 aromatic heterocycles. The van der Waals surface area contributed by atoms with Gasteiger partial charge in [-0.2, -0.15) is 0 Å². The number of carbonyl (C=O) groups is 3. The van der Waals surface area contributed by atoms with Crippen LogP contribution < -0.4 is 10.6 Å². The molecule has 0 spiro atoms. The lowest BCUT2D eigenvalue weighted by molar-refractivity contribution is -0.138. The number of alkyl carbamates (subject to hydrolysis) is 1. The molecule has 2 aromatic carbocycles. The van der Waals surface area contributed by atoms with E-state index >= 15 is 0 Å². The van der Waals surface area contributed by atoms with Crippen molar-refractivity contribution < 1.29 is 29.0 Å². The molecule has 1 fully saturated rings. The van der Waals surface area contributed by atoms with Crippen LogP contribution in [0.5, 0.6) is 0 Å². The summed E-state index contributed by atoms with van der Waals surface area (Å²) in [6.07, 6.45) is 0.874. The molecule has 1 aliphatic heterocycles. The number of carboxylic acid groups (broad SMARTS) is 1. The number of ether oxygens (including phenoxy) is 2. The fourth-order valence-electron chi connectivity index (χ4n) is 4.96. The van der Waals surface area contributed by atoms with Crippen LogP contribution in [0.4, 0.5) is 4.79 Å². The molecule has 0 saturated carbocycles. The Morgan fingerprint density at radius 3 is 2.23 bits per heavy atom. The van der Waals surface area contributed by atoms with Gasteiger partial charge < -0.3 is 25.2 Å². The van der Waals surface area contributed by atoms with Crippen LogP contribution in [0.3, 0.4) is 0 Å². The number of carboxylic acids is 1. The number of rotatable bonds is 9. The third-order valence-corrected chi connectivity index (χ3v) is 7.00. The summed E-state index contributed by atoms with van der Waals surface area (Å²) in [6, 6.07) is 15.9. The molecule has 2 amide bonds. The van der Waals surface area contributed by atoms with Crippen molar-refractivity contribution >= 4 is 18.0 Å². The summed E-state index contributed by atoms with van der Waals surface area (Å²) < 4.78 is 11.1. The molecule has 3 N–H and O–H groups in total. The summed E-state index contributed by atoms with van der Waals surface area (Å²) in [4.78, 5) is 37.2. The van der Waals surface area contributed by atoms with Gasteiger partial charge >= 0.3 is 12.1 Å². The monoisotopic (exact) mass is 480 g/mol. The molecule has 1 atom stereocenters. The number of hydrogen-bond donors (Lipinski definition) is 3. The summed E-state index contributed by atoms with van der Waals surface area (Å²) >= 11 is 0. The van der Waals surface area contributed by atoms with Gasteiger partial charge in [-0.25, -0.2) is 4.79 Å². The number of carbonyl (C=O) groups excluding carboxylic acids is 2. The van der Waals surface area contributed by atoms with Crippen molar-refractivity contribution in [3.8, 4) is 11.1 Å². The maximum atomic E-state index is 13.3. The van der Waals surface area contributed by atoms with Crippen LogP contribution in [0, 0.1) is 0 Å². The van der Waals surface area contributed by atoms with Crippen molar-refractivity contribution in [1.82, 2.24) is 10.6 Å². The lowest BCUT2D eigenvalue weighted by Crippen LogP contribution is -2.62. The van der Waals surface area contributed by atoms with Crippen molar-refractivity contribution in [3.05, 3.63) is 59.7 Å². The van der Waals surface area contributed by atoms with Gasteiger partial charge in [0.05, 0.1) is 0 Å². The van der Waals surface area contributed by atoms with Gasteiger partial charge in [0.1, 0.15) is 12.1 Å². The Morgan fingerprint density at radius 1 is 1.06 bits per heavy atom. The van der Waals surface area contributed by atoms with Gasteiger partial charge in [0.25, 0.3) is 0 Å². The minimum absolute atomic E-state index is 0.0330. The minimum atomic E-state index is -1.16.